The molecule has 1 nitrogen and oxygen atoms in total. The Morgan fingerprint density at radius 2 is 0.768 bits per heavy atom. The van der Waals surface area contributed by atoms with Gasteiger partial charge in [-0.1, -0.05) is 170 Å². The van der Waals surface area contributed by atoms with Crippen molar-refractivity contribution in [1.82, 2.24) is 0 Å². The van der Waals surface area contributed by atoms with E-state index in [-0.39, 0.29) is 0 Å². The second kappa shape index (κ2) is 14.7. The van der Waals surface area contributed by atoms with Crippen molar-refractivity contribution in [2.45, 2.75) is 0 Å². The Bertz CT molecular complexity index is 2850. The first-order valence-corrected chi connectivity index (χ1v) is 19.9. The molecular weight excluding hydrogens is 695 g/mol. The molecule has 0 unspecified atom stereocenters. The molecule has 10 rings (SSSR count). The highest BCUT2D eigenvalue weighted by molar-refractivity contribution is 7.26. The van der Waals surface area contributed by atoms with Gasteiger partial charge in [0, 0.05) is 37.2 Å². The molecule has 0 spiro atoms. The lowest BCUT2D eigenvalue weighted by atomic mass is 9.89. The Labute approximate surface area is 332 Å². The minimum Gasteiger partial charge on any atom is -0.310 e. The number of benzene rings is 9. The van der Waals surface area contributed by atoms with E-state index >= 15 is 0 Å². The van der Waals surface area contributed by atoms with Crippen LogP contribution in [0.3, 0.4) is 0 Å². The zero-order chi connectivity index (χ0) is 37.3. The molecule has 0 N–H and O–H groups in total. The maximum absolute atomic E-state index is 2.38. The second-order valence-corrected chi connectivity index (χ2v) is 15.2. The average molecular weight is 732 g/mol. The predicted octanol–water partition coefficient (Wildman–Crippen LogP) is 15.9. The standard InChI is InChI=1S/C54H37NS/c1-4-14-38(15-5-1)41-26-30-46(31-27-41)55(47-32-28-42(29-33-47)39-16-6-2-7-17-39)48-23-13-21-44(37-48)49-34-35-52-54(50-24-10-11-25-51(50)56-52)53(49)45-22-12-20-43(36-45)40-18-8-3-9-19-40/h1-37H. The van der Waals surface area contributed by atoms with Crippen LogP contribution in [0.4, 0.5) is 17.1 Å². The molecule has 0 radical (unpaired) electrons. The summed E-state index contributed by atoms with van der Waals surface area (Å²) in [4.78, 5) is 2.38. The summed E-state index contributed by atoms with van der Waals surface area (Å²) in [6.45, 7) is 0. The van der Waals surface area contributed by atoms with E-state index in [1.807, 2.05) is 11.3 Å². The molecule has 9 aromatic carbocycles. The summed E-state index contributed by atoms with van der Waals surface area (Å²) < 4.78 is 2.60. The van der Waals surface area contributed by atoms with Crippen LogP contribution in [0.15, 0.2) is 224 Å². The number of rotatable bonds is 8. The first-order chi connectivity index (χ1) is 27.8. The van der Waals surface area contributed by atoms with Crippen molar-refractivity contribution < 1.29 is 0 Å². The van der Waals surface area contributed by atoms with Crippen LogP contribution >= 0.6 is 11.3 Å². The molecule has 0 saturated carbocycles. The van der Waals surface area contributed by atoms with Gasteiger partial charge in [-0.05, 0) is 110 Å². The Morgan fingerprint density at radius 3 is 1.39 bits per heavy atom. The summed E-state index contributed by atoms with van der Waals surface area (Å²) in [5.41, 5.74) is 15.4. The SMILES string of the molecule is c1ccc(-c2ccc(N(c3ccc(-c4ccccc4)cc3)c3cccc(-c4ccc5sc6ccccc6c5c4-c4cccc(-c5ccccc5)c4)c3)cc2)cc1. The Balaban J connectivity index is 1.14. The topological polar surface area (TPSA) is 3.24 Å². The zero-order valence-electron chi connectivity index (χ0n) is 30.7. The van der Waals surface area contributed by atoms with Gasteiger partial charge in [0.05, 0.1) is 0 Å². The molecule has 56 heavy (non-hydrogen) atoms. The van der Waals surface area contributed by atoms with E-state index in [2.05, 4.69) is 229 Å². The summed E-state index contributed by atoms with van der Waals surface area (Å²) in [7, 11) is 0. The fourth-order valence-electron chi connectivity index (χ4n) is 7.97. The molecule has 2 heteroatoms. The normalized spacial score (nSPS) is 11.2. The van der Waals surface area contributed by atoms with Crippen molar-refractivity contribution in [3.8, 4) is 55.6 Å². The van der Waals surface area contributed by atoms with Gasteiger partial charge in [0.1, 0.15) is 0 Å². The molecule has 0 fully saturated rings. The summed E-state index contributed by atoms with van der Waals surface area (Å²) in [5, 5.41) is 2.60. The van der Waals surface area contributed by atoms with Crippen LogP contribution in [0.5, 0.6) is 0 Å². The third kappa shape index (κ3) is 6.36. The first kappa shape index (κ1) is 33.6. The molecule has 0 bridgehead atoms. The maximum Gasteiger partial charge on any atom is 0.0467 e. The Morgan fingerprint density at radius 1 is 0.286 bits per heavy atom. The van der Waals surface area contributed by atoms with Crippen molar-refractivity contribution in [1.29, 1.82) is 0 Å². The predicted molar refractivity (Wildman–Crippen MR) is 241 cm³/mol. The molecule has 1 heterocycles. The summed E-state index contributed by atoms with van der Waals surface area (Å²) in [5.74, 6) is 0. The summed E-state index contributed by atoms with van der Waals surface area (Å²) in [6, 6.07) is 81.3. The molecule has 0 aliphatic carbocycles. The molecule has 1 aromatic heterocycles. The van der Waals surface area contributed by atoms with Crippen LogP contribution in [0.2, 0.25) is 0 Å². The van der Waals surface area contributed by atoms with Gasteiger partial charge in [0.2, 0.25) is 0 Å². The van der Waals surface area contributed by atoms with E-state index < -0.39 is 0 Å². The van der Waals surface area contributed by atoms with E-state index in [0.717, 1.165) is 17.1 Å². The molecule has 0 saturated heterocycles. The quantitative estimate of drug-likeness (QED) is 0.150. The van der Waals surface area contributed by atoms with Crippen LogP contribution in [0, 0.1) is 0 Å². The van der Waals surface area contributed by atoms with Crippen LogP contribution in [-0.4, -0.2) is 0 Å². The summed E-state index contributed by atoms with van der Waals surface area (Å²) in [6.07, 6.45) is 0. The van der Waals surface area contributed by atoms with E-state index in [9.17, 15) is 0 Å². The molecule has 0 atom stereocenters. The van der Waals surface area contributed by atoms with E-state index in [4.69, 9.17) is 0 Å². The van der Waals surface area contributed by atoms with Gasteiger partial charge in [0.25, 0.3) is 0 Å². The van der Waals surface area contributed by atoms with Gasteiger partial charge in [-0.3, -0.25) is 0 Å². The minimum atomic E-state index is 1.10. The fraction of sp³-hybridized carbons (Fsp3) is 0. The highest BCUT2D eigenvalue weighted by atomic mass is 32.1. The largest absolute Gasteiger partial charge is 0.310 e. The lowest BCUT2D eigenvalue weighted by molar-refractivity contribution is 1.28. The lowest BCUT2D eigenvalue weighted by Crippen LogP contribution is -2.10. The number of fused-ring (bicyclic) bond motifs is 3. The van der Waals surface area contributed by atoms with E-state index in [0.29, 0.717) is 0 Å². The van der Waals surface area contributed by atoms with Crippen molar-refractivity contribution in [3.05, 3.63) is 224 Å². The van der Waals surface area contributed by atoms with Gasteiger partial charge in [-0.2, -0.15) is 0 Å². The van der Waals surface area contributed by atoms with Crippen LogP contribution in [-0.2, 0) is 0 Å². The van der Waals surface area contributed by atoms with Gasteiger partial charge < -0.3 is 4.90 Å². The molecule has 0 aliphatic rings. The molecule has 264 valence electrons. The second-order valence-electron chi connectivity index (χ2n) is 14.1. The highest BCUT2D eigenvalue weighted by Crippen LogP contribution is 2.47. The number of anilines is 3. The number of hydrogen-bond acceptors (Lipinski definition) is 2. The third-order valence-electron chi connectivity index (χ3n) is 10.7. The average Bonchev–Trinajstić information content (AvgIpc) is 3.67. The van der Waals surface area contributed by atoms with E-state index in [1.54, 1.807) is 0 Å². The first-order valence-electron chi connectivity index (χ1n) is 19.1. The number of thiophene rings is 1. The zero-order valence-corrected chi connectivity index (χ0v) is 31.5. The van der Waals surface area contributed by atoms with Crippen molar-refractivity contribution in [2.24, 2.45) is 0 Å². The number of hydrogen-bond donors (Lipinski definition) is 0. The minimum absolute atomic E-state index is 1.10. The molecular formula is C54H37NS. The van der Waals surface area contributed by atoms with Crippen LogP contribution in [0.25, 0.3) is 75.8 Å². The van der Waals surface area contributed by atoms with E-state index in [1.165, 1.54) is 75.8 Å². The highest BCUT2D eigenvalue weighted by Gasteiger charge is 2.19. The lowest BCUT2D eigenvalue weighted by Gasteiger charge is -2.27. The van der Waals surface area contributed by atoms with Crippen molar-refractivity contribution in [3.63, 3.8) is 0 Å². The smallest absolute Gasteiger partial charge is 0.0467 e. The monoisotopic (exact) mass is 731 g/mol. The maximum atomic E-state index is 2.38. The van der Waals surface area contributed by atoms with Gasteiger partial charge >= 0.3 is 0 Å². The Kier molecular flexibility index (Phi) is 8.79. The van der Waals surface area contributed by atoms with Crippen LogP contribution < -0.4 is 4.90 Å². The Hall–Kier alpha value is -7.00. The van der Waals surface area contributed by atoms with Gasteiger partial charge in [0.15, 0.2) is 0 Å². The van der Waals surface area contributed by atoms with Crippen LogP contribution in [0.1, 0.15) is 0 Å². The summed E-state index contributed by atoms with van der Waals surface area (Å²) >= 11 is 1.87. The fourth-order valence-corrected chi connectivity index (χ4v) is 9.08. The van der Waals surface area contributed by atoms with Crippen molar-refractivity contribution >= 4 is 48.6 Å². The molecule has 10 aromatic rings. The molecule has 0 amide bonds. The van der Waals surface area contributed by atoms with Crippen molar-refractivity contribution in [2.75, 3.05) is 4.90 Å². The van der Waals surface area contributed by atoms with Gasteiger partial charge in [-0.15, -0.1) is 11.3 Å². The molecule has 0 aliphatic heterocycles. The van der Waals surface area contributed by atoms with Gasteiger partial charge in [-0.25, -0.2) is 0 Å². The third-order valence-corrected chi connectivity index (χ3v) is 11.8. The number of nitrogens with zero attached hydrogens (tertiary/aromatic N) is 1.